The van der Waals surface area contributed by atoms with Crippen molar-refractivity contribution in [1.82, 2.24) is 0 Å². The number of benzene rings is 2. The molecular formula is C20H22N2O5S. The number of anilines is 2. The van der Waals surface area contributed by atoms with Crippen molar-refractivity contribution in [1.29, 1.82) is 0 Å². The first-order chi connectivity index (χ1) is 13.2. The molecule has 0 aliphatic carbocycles. The van der Waals surface area contributed by atoms with E-state index in [2.05, 4.69) is 4.72 Å². The zero-order chi connectivity index (χ0) is 20.5. The molecule has 148 valence electrons. The van der Waals surface area contributed by atoms with Crippen LogP contribution < -0.4 is 14.4 Å². The average molecular weight is 402 g/mol. The topological polar surface area (TPSA) is 92.8 Å². The highest BCUT2D eigenvalue weighted by molar-refractivity contribution is 7.92. The maximum Gasteiger partial charge on any atom is 0.265 e. The molecule has 2 aromatic carbocycles. The summed E-state index contributed by atoms with van der Waals surface area (Å²) in [7, 11) is -2.66. The largest absolute Gasteiger partial charge is 0.495 e. The third kappa shape index (κ3) is 3.73. The van der Waals surface area contributed by atoms with Gasteiger partial charge in [0.05, 0.1) is 18.5 Å². The molecule has 3 rings (SSSR count). The van der Waals surface area contributed by atoms with E-state index in [0.29, 0.717) is 5.69 Å². The van der Waals surface area contributed by atoms with Gasteiger partial charge < -0.3 is 4.74 Å². The van der Waals surface area contributed by atoms with Crippen LogP contribution >= 0.6 is 0 Å². The highest BCUT2D eigenvalue weighted by Crippen LogP contribution is 2.33. The minimum Gasteiger partial charge on any atom is -0.495 e. The fraction of sp³-hybridized carbons (Fsp3) is 0.300. The van der Waals surface area contributed by atoms with Crippen LogP contribution in [0.1, 0.15) is 38.2 Å². The lowest BCUT2D eigenvalue weighted by Crippen LogP contribution is -2.29. The smallest absolute Gasteiger partial charge is 0.265 e. The summed E-state index contributed by atoms with van der Waals surface area (Å²) in [4.78, 5) is 24.9. The third-order valence-corrected chi connectivity index (χ3v) is 5.96. The van der Waals surface area contributed by atoms with Crippen LogP contribution in [0.3, 0.4) is 0 Å². The van der Waals surface area contributed by atoms with E-state index in [4.69, 9.17) is 4.74 Å². The lowest BCUT2D eigenvalue weighted by atomic mass is 10.0. The van der Waals surface area contributed by atoms with Gasteiger partial charge in [0.25, 0.3) is 10.0 Å². The number of imide groups is 1. The Labute approximate surface area is 164 Å². The number of para-hydroxylation sites is 1. The molecule has 0 radical (unpaired) electrons. The van der Waals surface area contributed by atoms with Gasteiger partial charge in [-0.15, -0.1) is 0 Å². The molecule has 0 bridgehead atoms. The number of hydrogen-bond donors (Lipinski definition) is 1. The monoisotopic (exact) mass is 402 g/mol. The Morgan fingerprint density at radius 3 is 2.29 bits per heavy atom. The number of hydrogen-bond acceptors (Lipinski definition) is 5. The molecule has 1 aliphatic rings. The van der Waals surface area contributed by atoms with Crippen molar-refractivity contribution in [3.8, 4) is 5.75 Å². The molecule has 1 saturated heterocycles. The van der Waals surface area contributed by atoms with Gasteiger partial charge in [-0.3, -0.25) is 19.2 Å². The van der Waals surface area contributed by atoms with E-state index >= 15 is 0 Å². The Bertz CT molecular complexity index is 1010. The first-order valence-corrected chi connectivity index (χ1v) is 10.4. The molecule has 0 unspecified atom stereocenters. The van der Waals surface area contributed by atoms with Crippen LogP contribution in [0.2, 0.25) is 0 Å². The highest BCUT2D eigenvalue weighted by Gasteiger charge is 2.32. The molecule has 0 saturated carbocycles. The fourth-order valence-electron chi connectivity index (χ4n) is 3.17. The Kier molecular flexibility index (Phi) is 5.42. The van der Waals surface area contributed by atoms with E-state index in [0.717, 1.165) is 10.5 Å². The van der Waals surface area contributed by atoms with Gasteiger partial charge in [0.1, 0.15) is 10.6 Å². The number of nitrogens with zero attached hydrogens (tertiary/aromatic N) is 1. The van der Waals surface area contributed by atoms with E-state index in [1.807, 2.05) is 26.0 Å². The molecule has 0 atom stereocenters. The van der Waals surface area contributed by atoms with Crippen molar-refractivity contribution in [3.63, 3.8) is 0 Å². The summed E-state index contributed by atoms with van der Waals surface area (Å²) in [5.41, 5.74) is 1.54. The third-order valence-electron chi connectivity index (χ3n) is 4.57. The van der Waals surface area contributed by atoms with Crippen molar-refractivity contribution in [2.75, 3.05) is 16.7 Å². The second-order valence-corrected chi connectivity index (χ2v) is 8.46. The number of carbonyl (C=O) groups is 2. The molecule has 1 N–H and O–H groups in total. The molecule has 1 heterocycles. The first-order valence-electron chi connectivity index (χ1n) is 8.90. The van der Waals surface area contributed by atoms with Crippen LogP contribution in [-0.2, 0) is 19.6 Å². The molecule has 1 aliphatic heterocycles. The molecule has 28 heavy (non-hydrogen) atoms. The number of amides is 2. The minimum atomic E-state index is -4.02. The van der Waals surface area contributed by atoms with Gasteiger partial charge in [-0.05, 0) is 35.7 Å². The summed E-state index contributed by atoms with van der Waals surface area (Å²) in [6.45, 7) is 3.94. The molecule has 7 nitrogen and oxygen atoms in total. The van der Waals surface area contributed by atoms with Crippen molar-refractivity contribution >= 4 is 33.2 Å². The van der Waals surface area contributed by atoms with Crippen LogP contribution in [-0.4, -0.2) is 27.3 Å². The molecule has 0 aromatic heterocycles. The van der Waals surface area contributed by atoms with Crippen LogP contribution in [0.5, 0.6) is 5.75 Å². The molecular weight excluding hydrogens is 380 g/mol. The van der Waals surface area contributed by atoms with Gasteiger partial charge in [-0.1, -0.05) is 32.0 Å². The van der Waals surface area contributed by atoms with Crippen molar-refractivity contribution < 1.29 is 22.7 Å². The van der Waals surface area contributed by atoms with Gasteiger partial charge in [0.15, 0.2) is 0 Å². The van der Waals surface area contributed by atoms with Crippen molar-refractivity contribution in [2.45, 2.75) is 37.5 Å². The predicted molar refractivity (Wildman–Crippen MR) is 106 cm³/mol. The predicted octanol–water partition coefficient (Wildman–Crippen LogP) is 3.27. The minimum absolute atomic E-state index is 0.118. The molecule has 8 heteroatoms. The Morgan fingerprint density at radius 2 is 1.68 bits per heavy atom. The maximum absolute atomic E-state index is 13.1. The van der Waals surface area contributed by atoms with E-state index in [9.17, 15) is 18.0 Å². The summed E-state index contributed by atoms with van der Waals surface area (Å²) < 4.78 is 34.0. The van der Waals surface area contributed by atoms with Gasteiger partial charge in [-0.2, -0.15) is 0 Å². The number of methoxy groups -OCH3 is 1. The summed E-state index contributed by atoms with van der Waals surface area (Å²) in [5.74, 6) is -0.461. The number of sulfonamides is 1. The molecule has 0 spiro atoms. The van der Waals surface area contributed by atoms with Crippen LogP contribution in [0.25, 0.3) is 0 Å². The normalized spacial score (nSPS) is 14.6. The van der Waals surface area contributed by atoms with Crippen molar-refractivity contribution in [3.05, 3.63) is 48.0 Å². The lowest BCUT2D eigenvalue weighted by Gasteiger charge is -2.19. The lowest BCUT2D eigenvalue weighted by molar-refractivity contribution is -0.121. The SMILES string of the molecule is COc1ccc(N2C(=O)CCC2=O)cc1S(=O)(=O)Nc1ccccc1C(C)C. The number of nitrogens with one attached hydrogen (secondary N) is 1. The van der Waals surface area contributed by atoms with Gasteiger partial charge in [-0.25, -0.2) is 8.42 Å². The Morgan fingerprint density at radius 1 is 1.04 bits per heavy atom. The fourth-order valence-corrected chi connectivity index (χ4v) is 4.45. The van der Waals surface area contributed by atoms with E-state index in [1.54, 1.807) is 12.1 Å². The highest BCUT2D eigenvalue weighted by atomic mass is 32.2. The summed E-state index contributed by atoms with van der Waals surface area (Å²) in [6.07, 6.45) is 0.236. The second kappa shape index (κ2) is 7.63. The maximum atomic E-state index is 13.1. The second-order valence-electron chi connectivity index (χ2n) is 6.81. The van der Waals surface area contributed by atoms with E-state index in [-0.39, 0.29) is 46.9 Å². The van der Waals surface area contributed by atoms with Gasteiger partial charge >= 0.3 is 0 Å². The molecule has 2 aromatic rings. The first kappa shape index (κ1) is 19.9. The summed E-state index contributed by atoms with van der Waals surface area (Å²) in [6, 6.07) is 11.4. The van der Waals surface area contributed by atoms with Crippen LogP contribution in [0, 0.1) is 0 Å². The van der Waals surface area contributed by atoms with Crippen LogP contribution in [0.15, 0.2) is 47.4 Å². The number of carbonyl (C=O) groups excluding carboxylic acids is 2. The van der Waals surface area contributed by atoms with Gasteiger partial charge in [0.2, 0.25) is 11.8 Å². The quantitative estimate of drug-likeness (QED) is 0.749. The zero-order valence-electron chi connectivity index (χ0n) is 15.9. The number of ether oxygens (including phenoxy) is 1. The van der Waals surface area contributed by atoms with Crippen molar-refractivity contribution in [2.24, 2.45) is 0 Å². The van der Waals surface area contributed by atoms with Gasteiger partial charge in [0, 0.05) is 12.8 Å². The number of rotatable bonds is 6. The standard InChI is InChI=1S/C20H22N2O5S/c1-13(2)15-6-4-5-7-16(15)21-28(25,26)18-12-14(8-9-17(18)27-3)22-19(23)10-11-20(22)24/h4-9,12-13,21H,10-11H2,1-3H3. The Balaban J connectivity index is 2.05. The molecule has 1 fully saturated rings. The Hall–Kier alpha value is -2.87. The summed E-state index contributed by atoms with van der Waals surface area (Å²) in [5, 5.41) is 0. The van der Waals surface area contributed by atoms with E-state index in [1.165, 1.54) is 25.3 Å². The molecule has 2 amide bonds. The zero-order valence-corrected chi connectivity index (χ0v) is 16.7. The summed E-state index contributed by atoms with van der Waals surface area (Å²) >= 11 is 0. The van der Waals surface area contributed by atoms with E-state index < -0.39 is 10.0 Å². The van der Waals surface area contributed by atoms with Crippen LogP contribution in [0.4, 0.5) is 11.4 Å². The average Bonchev–Trinajstić information content (AvgIpc) is 2.99.